The molecule has 0 amide bonds. The van der Waals surface area contributed by atoms with Crippen LogP contribution in [0.3, 0.4) is 0 Å². The Morgan fingerprint density at radius 2 is 2.21 bits per heavy atom. The predicted octanol–water partition coefficient (Wildman–Crippen LogP) is 2.30. The van der Waals surface area contributed by atoms with E-state index in [1.807, 2.05) is 6.07 Å². The van der Waals surface area contributed by atoms with Crippen LogP contribution in [0.5, 0.6) is 0 Å². The number of pyridine rings is 1. The highest BCUT2D eigenvalue weighted by atomic mass is 32.1. The van der Waals surface area contributed by atoms with Crippen LogP contribution < -0.4 is 5.32 Å². The number of likely N-dealkylation sites (N-methyl/N-ethyl adjacent to an activating group) is 1. The quantitative estimate of drug-likeness (QED) is 0.640. The van der Waals surface area contributed by atoms with Crippen LogP contribution in [-0.4, -0.2) is 29.6 Å². The summed E-state index contributed by atoms with van der Waals surface area (Å²) in [6.45, 7) is 4.58. The number of hydrogen-bond acceptors (Lipinski definition) is 4. The number of nitrogens with one attached hydrogen (secondary N) is 1. The van der Waals surface area contributed by atoms with Gasteiger partial charge in [-0.05, 0) is 24.5 Å². The van der Waals surface area contributed by atoms with E-state index < -0.39 is 5.92 Å². The number of thiocarbonyl (C=S) groups is 1. The molecule has 1 rings (SSSR count). The van der Waals surface area contributed by atoms with Gasteiger partial charge in [0.1, 0.15) is 5.92 Å². The molecule has 5 heteroatoms. The molecule has 4 nitrogen and oxygen atoms in total. The van der Waals surface area contributed by atoms with Gasteiger partial charge in [0.05, 0.1) is 17.3 Å². The average Bonchev–Trinajstić information content (AvgIpc) is 2.39. The minimum absolute atomic E-state index is 0.348. The van der Waals surface area contributed by atoms with Crippen LogP contribution >= 0.6 is 12.2 Å². The van der Waals surface area contributed by atoms with Gasteiger partial charge in [-0.2, -0.15) is 0 Å². The van der Waals surface area contributed by atoms with Gasteiger partial charge < -0.3 is 10.1 Å². The third-order valence-corrected chi connectivity index (χ3v) is 3.11. The molecule has 1 aromatic rings. The molecule has 1 heterocycles. The lowest BCUT2D eigenvalue weighted by Gasteiger charge is -2.16. The van der Waals surface area contributed by atoms with E-state index in [1.54, 1.807) is 25.4 Å². The van der Waals surface area contributed by atoms with Gasteiger partial charge in [-0.3, -0.25) is 9.78 Å². The number of aromatic nitrogens is 1. The number of nitrogens with zero attached hydrogens (tertiary/aromatic N) is 1. The highest BCUT2D eigenvalue weighted by Crippen LogP contribution is 2.16. The van der Waals surface area contributed by atoms with Gasteiger partial charge in [0.15, 0.2) is 0 Å². The Morgan fingerprint density at radius 1 is 1.47 bits per heavy atom. The summed E-state index contributed by atoms with van der Waals surface area (Å²) >= 11 is 5.19. The highest BCUT2D eigenvalue weighted by Gasteiger charge is 2.27. The summed E-state index contributed by atoms with van der Waals surface area (Å²) in [4.78, 5) is 16.7. The fraction of sp³-hybridized carbons (Fsp3) is 0.500. The maximum atomic E-state index is 12.1. The Hall–Kier alpha value is -1.49. The Morgan fingerprint density at radius 3 is 2.74 bits per heavy atom. The van der Waals surface area contributed by atoms with E-state index in [4.69, 9.17) is 17.0 Å². The van der Waals surface area contributed by atoms with Crippen LogP contribution in [0, 0.1) is 5.92 Å². The second-order valence-electron chi connectivity index (χ2n) is 4.65. The second kappa shape index (κ2) is 7.84. The lowest BCUT2D eigenvalue weighted by atomic mass is 10.0. The molecular formula is C14H20N2O2S. The molecule has 0 radical (unpaired) electrons. The molecule has 1 unspecified atom stereocenters. The van der Waals surface area contributed by atoms with Gasteiger partial charge in [0.25, 0.3) is 0 Å². The zero-order valence-electron chi connectivity index (χ0n) is 11.6. The lowest BCUT2D eigenvalue weighted by molar-refractivity contribution is -0.144. The average molecular weight is 280 g/mol. The number of rotatable bonds is 6. The summed E-state index contributed by atoms with van der Waals surface area (Å²) in [6.07, 6.45) is 2.48. The third-order valence-electron chi connectivity index (χ3n) is 2.67. The Balaban J connectivity index is 2.75. The van der Waals surface area contributed by atoms with E-state index in [9.17, 15) is 4.79 Å². The van der Waals surface area contributed by atoms with E-state index in [-0.39, 0.29) is 5.97 Å². The highest BCUT2D eigenvalue weighted by molar-refractivity contribution is 7.80. The molecule has 19 heavy (non-hydrogen) atoms. The molecule has 0 spiro atoms. The van der Waals surface area contributed by atoms with Crippen LogP contribution in [0.2, 0.25) is 0 Å². The Labute approximate surface area is 119 Å². The molecule has 1 N–H and O–H groups in total. The van der Waals surface area contributed by atoms with Crippen LogP contribution in [0.1, 0.15) is 31.9 Å². The zero-order chi connectivity index (χ0) is 14.3. The van der Waals surface area contributed by atoms with E-state index in [0.29, 0.717) is 23.2 Å². The van der Waals surface area contributed by atoms with Gasteiger partial charge in [-0.25, -0.2) is 0 Å². The number of carbonyl (C=O) groups excluding carboxylic acids is 1. The fourth-order valence-electron chi connectivity index (χ4n) is 1.53. The van der Waals surface area contributed by atoms with Crippen molar-refractivity contribution in [1.82, 2.24) is 10.3 Å². The fourth-order valence-corrected chi connectivity index (χ4v) is 1.75. The van der Waals surface area contributed by atoms with Crippen molar-refractivity contribution in [2.24, 2.45) is 5.92 Å². The first kappa shape index (κ1) is 15.6. The summed E-state index contributed by atoms with van der Waals surface area (Å²) < 4.78 is 5.29. The van der Waals surface area contributed by atoms with Crippen molar-refractivity contribution in [1.29, 1.82) is 0 Å². The molecule has 0 bridgehead atoms. The van der Waals surface area contributed by atoms with Crippen LogP contribution in [0.15, 0.2) is 24.4 Å². The molecule has 0 fully saturated rings. The number of esters is 1. The zero-order valence-corrected chi connectivity index (χ0v) is 12.4. The van der Waals surface area contributed by atoms with Crippen molar-refractivity contribution in [3.8, 4) is 0 Å². The minimum atomic E-state index is -0.631. The minimum Gasteiger partial charge on any atom is -0.465 e. The topological polar surface area (TPSA) is 51.2 Å². The second-order valence-corrected chi connectivity index (χ2v) is 5.09. The summed E-state index contributed by atoms with van der Waals surface area (Å²) in [5.41, 5.74) is 0.608. The van der Waals surface area contributed by atoms with Crippen LogP contribution in [0.4, 0.5) is 0 Å². The molecule has 0 aromatic carbocycles. The molecule has 0 saturated carbocycles. The first-order chi connectivity index (χ1) is 9.06. The standard InChI is InChI=1S/C14H20N2O2S/c1-10(2)7-9-18-14(17)12(13(19)15-3)11-6-4-5-8-16-11/h4-6,8,10,12H,7,9H2,1-3H3,(H,15,19). The number of ether oxygens (including phenoxy) is 1. The normalized spacial score (nSPS) is 12.0. The van der Waals surface area contributed by atoms with Gasteiger partial charge in [0, 0.05) is 13.2 Å². The summed E-state index contributed by atoms with van der Waals surface area (Å²) in [5.74, 6) is -0.482. The van der Waals surface area contributed by atoms with Crippen LogP contribution in [0.25, 0.3) is 0 Å². The third kappa shape index (κ3) is 4.95. The first-order valence-electron chi connectivity index (χ1n) is 6.35. The molecule has 104 valence electrons. The van der Waals surface area contributed by atoms with Crippen molar-refractivity contribution in [3.63, 3.8) is 0 Å². The number of carbonyl (C=O) groups is 1. The van der Waals surface area contributed by atoms with E-state index >= 15 is 0 Å². The van der Waals surface area contributed by atoms with E-state index in [0.717, 1.165) is 6.42 Å². The van der Waals surface area contributed by atoms with Gasteiger partial charge in [-0.15, -0.1) is 0 Å². The van der Waals surface area contributed by atoms with Crippen molar-refractivity contribution >= 4 is 23.2 Å². The van der Waals surface area contributed by atoms with Crippen molar-refractivity contribution < 1.29 is 9.53 Å². The summed E-state index contributed by atoms with van der Waals surface area (Å²) in [6, 6.07) is 5.40. The Bertz CT molecular complexity index is 421. The molecule has 1 aromatic heterocycles. The molecule has 1 atom stereocenters. The monoisotopic (exact) mass is 280 g/mol. The smallest absolute Gasteiger partial charge is 0.322 e. The van der Waals surface area contributed by atoms with E-state index in [1.165, 1.54) is 0 Å². The van der Waals surface area contributed by atoms with Gasteiger partial charge in [-0.1, -0.05) is 32.1 Å². The molecular weight excluding hydrogens is 260 g/mol. The first-order valence-corrected chi connectivity index (χ1v) is 6.76. The number of hydrogen-bond donors (Lipinski definition) is 1. The molecule has 0 saturated heterocycles. The predicted molar refractivity (Wildman–Crippen MR) is 79.0 cm³/mol. The SMILES string of the molecule is CNC(=S)C(C(=O)OCCC(C)C)c1ccccn1. The summed E-state index contributed by atoms with van der Waals surface area (Å²) in [7, 11) is 1.69. The largest absolute Gasteiger partial charge is 0.465 e. The van der Waals surface area contributed by atoms with Gasteiger partial charge in [0.2, 0.25) is 0 Å². The maximum Gasteiger partial charge on any atom is 0.322 e. The molecule has 0 aliphatic heterocycles. The Kier molecular flexibility index (Phi) is 6.42. The van der Waals surface area contributed by atoms with Gasteiger partial charge >= 0.3 is 5.97 Å². The van der Waals surface area contributed by atoms with Crippen molar-refractivity contribution in [2.75, 3.05) is 13.7 Å². The van der Waals surface area contributed by atoms with Crippen molar-refractivity contribution in [2.45, 2.75) is 26.2 Å². The van der Waals surface area contributed by atoms with Crippen LogP contribution in [-0.2, 0) is 9.53 Å². The van der Waals surface area contributed by atoms with E-state index in [2.05, 4.69) is 24.1 Å². The maximum absolute atomic E-state index is 12.1. The summed E-state index contributed by atoms with van der Waals surface area (Å²) in [5, 5.41) is 2.83. The van der Waals surface area contributed by atoms with Crippen molar-refractivity contribution in [3.05, 3.63) is 30.1 Å². The molecule has 0 aliphatic carbocycles. The molecule has 0 aliphatic rings. The lowest BCUT2D eigenvalue weighted by Crippen LogP contribution is -2.31.